The maximum Gasteiger partial charge on any atom is 0.220 e. The van der Waals surface area contributed by atoms with Crippen LogP contribution in [-0.2, 0) is 14.3 Å². The summed E-state index contributed by atoms with van der Waals surface area (Å²) >= 11 is 0. The first-order valence-electron chi connectivity index (χ1n) is 24.4. The first kappa shape index (κ1) is 53.9. The fraction of sp³-hybridized carbons (Fsp3) is 0.938. The number of unbranched alkanes of at least 4 members (excludes halogenated alkanes) is 29. The number of aliphatic hydroxyl groups is 5. The van der Waals surface area contributed by atoms with Gasteiger partial charge >= 0.3 is 0 Å². The topological polar surface area (TPSA) is 149 Å². The number of allylic oxidation sites excluding steroid dienone is 2. The molecule has 1 heterocycles. The smallest absolute Gasteiger partial charge is 0.220 e. The predicted octanol–water partition coefficient (Wildman–Crippen LogP) is 10.5. The lowest BCUT2D eigenvalue weighted by molar-refractivity contribution is -0.302. The Balaban J connectivity index is 2.30. The van der Waals surface area contributed by atoms with Gasteiger partial charge in [-0.1, -0.05) is 199 Å². The van der Waals surface area contributed by atoms with E-state index in [1.807, 2.05) is 0 Å². The minimum absolute atomic E-state index is 0.136. The monoisotopic (exact) mass is 812 g/mol. The molecule has 0 spiro atoms. The van der Waals surface area contributed by atoms with Crippen molar-refractivity contribution in [3.05, 3.63) is 12.2 Å². The SMILES string of the molecule is CCCCCCCC/C=C/CCCCCCCCCC(=O)N[C@@H](CO[C@@H]1O[C@H](CO)[C@@H](O)C(O)C1O)[C@H](O)CCCCCCCCCCCCCCCCCCC. The Labute approximate surface area is 350 Å². The van der Waals surface area contributed by atoms with Crippen LogP contribution in [0.2, 0.25) is 0 Å². The number of hydrogen-bond acceptors (Lipinski definition) is 8. The Hall–Kier alpha value is -1.07. The summed E-state index contributed by atoms with van der Waals surface area (Å²) in [6.07, 6.45) is 37.8. The van der Waals surface area contributed by atoms with Crippen molar-refractivity contribution in [3.8, 4) is 0 Å². The molecule has 338 valence electrons. The molecule has 1 amide bonds. The van der Waals surface area contributed by atoms with E-state index in [1.165, 1.54) is 167 Å². The van der Waals surface area contributed by atoms with Gasteiger partial charge in [0.15, 0.2) is 6.29 Å². The summed E-state index contributed by atoms with van der Waals surface area (Å²) in [6.45, 7) is 3.84. The van der Waals surface area contributed by atoms with Crippen molar-refractivity contribution in [1.82, 2.24) is 5.32 Å². The Bertz CT molecular complexity index is 904. The first-order valence-corrected chi connectivity index (χ1v) is 24.4. The van der Waals surface area contributed by atoms with E-state index in [4.69, 9.17) is 9.47 Å². The second-order valence-corrected chi connectivity index (χ2v) is 17.3. The molecule has 7 atom stereocenters. The van der Waals surface area contributed by atoms with Crippen molar-refractivity contribution in [2.75, 3.05) is 13.2 Å². The summed E-state index contributed by atoms with van der Waals surface area (Å²) in [5.41, 5.74) is 0. The molecular formula is C48H93NO8. The number of nitrogens with one attached hydrogen (secondary N) is 1. The fourth-order valence-corrected chi connectivity index (χ4v) is 7.92. The largest absolute Gasteiger partial charge is 0.394 e. The van der Waals surface area contributed by atoms with Gasteiger partial charge in [0.25, 0.3) is 0 Å². The molecule has 1 rings (SSSR count). The molecule has 9 nitrogen and oxygen atoms in total. The molecule has 0 saturated carbocycles. The molecule has 0 aromatic rings. The highest BCUT2D eigenvalue weighted by Crippen LogP contribution is 2.23. The Morgan fingerprint density at radius 1 is 0.579 bits per heavy atom. The van der Waals surface area contributed by atoms with Crippen LogP contribution in [0, 0.1) is 0 Å². The van der Waals surface area contributed by atoms with Gasteiger partial charge in [-0.25, -0.2) is 0 Å². The summed E-state index contributed by atoms with van der Waals surface area (Å²) in [5.74, 6) is -0.147. The van der Waals surface area contributed by atoms with Crippen molar-refractivity contribution in [2.45, 2.75) is 275 Å². The van der Waals surface area contributed by atoms with Gasteiger partial charge in [-0.15, -0.1) is 0 Å². The lowest BCUT2D eigenvalue weighted by atomic mass is 9.99. The van der Waals surface area contributed by atoms with E-state index in [0.717, 1.165) is 38.5 Å². The van der Waals surface area contributed by atoms with Crippen LogP contribution in [0.3, 0.4) is 0 Å². The van der Waals surface area contributed by atoms with Gasteiger partial charge in [0, 0.05) is 6.42 Å². The normalized spacial score (nSPS) is 21.0. The number of carbonyl (C=O) groups excluding carboxylic acids is 1. The lowest BCUT2D eigenvalue weighted by Gasteiger charge is -2.40. The van der Waals surface area contributed by atoms with Crippen LogP contribution >= 0.6 is 0 Å². The van der Waals surface area contributed by atoms with E-state index in [9.17, 15) is 30.3 Å². The second-order valence-electron chi connectivity index (χ2n) is 17.3. The van der Waals surface area contributed by atoms with Gasteiger partial charge in [0.05, 0.1) is 25.4 Å². The lowest BCUT2D eigenvalue weighted by Crippen LogP contribution is -2.60. The number of ether oxygens (including phenoxy) is 2. The zero-order valence-electron chi connectivity index (χ0n) is 37.1. The third kappa shape index (κ3) is 29.7. The van der Waals surface area contributed by atoms with Gasteiger partial charge < -0.3 is 40.3 Å². The van der Waals surface area contributed by atoms with Crippen molar-refractivity contribution in [3.63, 3.8) is 0 Å². The summed E-state index contributed by atoms with van der Waals surface area (Å²) < 4.78 is 11.3. The van der Waals surface area contributed by atoms with E-state index < -0.39 is 49.5 Å². The molecule has 1 saturated heterocycles. The predicted molar refractivity (Wildman–Crippen MR) is 235 cm³/mol. The Morgan fingerprint density at radius 3 is 1.42 bits per heavy atom. The van der Waals surface area contributed by atoms with Crippen LogP contribution in [0.4, 0.5) is 0 Å². The van der Waals surface area contributed by atoms with Crippen molar-refractivity contribution in [1.29, 1.82) is 0 Å². The molecular weight excluding hydrogens is 719 g/mol. The molecule has 1 aliphatic heterocycles. The van der Waals surface area contributed by atoms with E-state index in [-0.39, 0.29) is 12.5 Å². The van der Waals surface area contributed by atoms with Crippen LogP contribution in [0.25, 0.3) is 0 Å². The molecule has 0 aliphatic carbocycles. The quantitative estimate of drug-likeness (QED) is 0.0264. The fourth-order valence-electron chi connectivity index (χ4n) is 7.92. The summed E-state index contributed by atoms with van der Waals surface area (Å²) in [7, 11) is 0. The minimum atomic E-state index is -1.55. The maximum atomic E-state index is 13.0. The average Bonchev–Trinajstić information content (AvgIpc) is 3.21. The number of aliphatic hydroxyl groups excluding tert-OH is 5. The average molecular weight is 812 g/mol. The molecule has 6 N–H and O–H groups in total. The van der Waals surface area contributed by atoms with Crippen molar-refractivity contribution >= 4 is 5.91 Å². The summed E-state index contributed by atoms with van der Waals surface area (Å²) in [4.78, 5) is 13.0. The van der Waals surface area contributed by atoms with E-state index >= 15 is 0 Å². The van der Waals surface area contributed by atoms with Crippen molar-refractivity contribution < 1.29 is 39.8 Å². The molecule has 1 fully saturated rings. The number of rotatable bonds is 41. The molecule has 2 unspecified atom stereocenters. The Morgan fingerprint density at radius 2 is 0.982 bits per heavy atom. The third-order valence-electron chi connectivity index (χ3n) is 11.9. The number of hydrogen-bond donors (Lipinski definition) is 6. The van der Waals surface area contributed by atoms with Gasteiger partial charge in [-0.2, -0.15) is 0 Å². The van der Waals surface area contributed by atoms with Crippen LogP contribution in [0.15, 0.2) is 12.2 Å². The second kappa shape index (κ2) is 39.1. The Kier molecular flexibility index (Phi) is 37.0. The summed E-state index contributed by atoms with van der Waals surface area (Å²) in [5, 5.41) is 54.4. The van der Waals surface area contributed by atoms with Crippen LogP contribution in [-0.4, -0.2) is 87.5 Å². The van der Waals surface area contributed by atoms with E-state index in [2.05, 4.69) is 31.3 Å². The van der Waals surface area contributed by atoms with Crippen LogP contribution in [0.5, 0.6) is 0 Å². The van der Waals surface area contributed by atoms with E-state index in [1.54, 1.807) is 0 Å². The highest BCUT2D eigenvalue weighted by molar-refractivity contribution is 5.76. The molecule has 57 heavy (non-hydrogen) atoms. The minimum Gasteiger partial charge on any atom is -0.394 e. The third-order valence-corrected chi connectivity index (χ3v) is 11.9. The highest BCUT2D eigenvalue weighted by atomic mass is 16.7. The standard InChI is InChI=1S/C48H93NO8/c1-3-5-7-9-11-13-15-17-19-21-23-25-27-29-31-33-35-37-42(51)41(40-56-48-47(55)46(54)45(53)43(39-50)57-48)49-44(52)38-36-34-32-30-28-26-24-22-20-18-16-14-12-10-8-6-4-2/h18,20,41-43,45-48,50-51,53-55H,3-17,19,21-40H2,1-2H3,(H,49,52)/b20-18+/t41-,42+,43+,45+,46?,47?,48+/m0/s1. The molecule has 1 aliphatic rings. The van der Waals surface area contributed by atoms with Crippen LogP contribution < -0.4 is 5.32 Å². The highest BCUT2D eigenvalue weighted by Gasteiger charge is 2.44. The molecule has 0 radical (unpaired) electrons. The first-order chi connectivity index (χ1) is 27.8. The zero-order valence-corrected chi connectivity index (χ0v) is 37.1. The molecule has 0 bridgehead atoms. The summed E-state index contributed by atoms with van der Waals surface area (Å²) in [6, 6.07) is -0.717. The van der Waals surface area contributed by atoms with Gasteiger partial charge in [-0.05, 0) is 38.5 Å². The van der Waals surface area contributed by atoms with Gasteiger partial charge in [0.1, 0.15) is 24.4 Å². The molecule has 9 heteroatoms. The number of carbonyl (C=O) groups is 1. The number of amides is 1. The van der Waals surface area contributed by atoms with Gasteiger partial charge in [-0.3, -0.25) is 4.79 Å². The maximum absolute atomic E-state index is 13.0. The zero-order chi connectivity index (χ0) is 41.6. The van der Waals surface area contributed by atoms with Crippen LogP contribution in [0.1, 0.15) is 232 Å². The molecule has 0 aromatic heterocycles. The van der Waals surface area contributed by atoms with Gasteiger partial charge in [0.2, 0.25) is 5.91 Å². The van der Waals surface area contributed by atoms with Crippen molar-refractivity contribution in [2.24, 2.45) is 0 Å². The van der Waals surface area contributed by atoms with E-state index in [0.29, 0.717) is 12.8 Å². The molecule has 0 aromatic carbocycles.